The van der Waals surface area contributed by atoms with Crippen molar-refractivity contribution in [2.45, 2.75) is 32.3 Å². The highest BCUT2D eigenvalue weighted by atomic mass is 35.5. The van der Waals surface area contributed by atoms with Crippen LogP contribution in [0.25, 0.3) is 0 Å². The van der Waals surface area contributed by atoms with Crippen LogP contribution in [-0.4, -0.2) is 30.6 Å². The third-order valence-electron chi connectivity index (χ3n) is 4.44. The standard InChI is InChI=1S/C17H25ClN2O2.ClH/c1-12(13-6-8-19-9-7-13)10-17(22)20-11-16(21)14-2-4-15(18)5-3-14;/h2-5,12-13,16,19,21H,6-11H2,1H3,(H,20,22);1H. The molecule has 1 saturated heterocycles. The summed E-state index contributed by atoms with van der Waals surface area (Å²) in [7, 11) is 0. The summed E-state index contributed by atoms with van der Waals surface area (Å²) in [6.45, 7) is 4.47. The number of hydrogen-bond acceptors (Lipinski definition) is 3. The normalized spacial score (nSPS) is 17.9. The molecule has 1 aromatic carbocycles. The van der Waals surface area contributed by atoms with Gasteiger partial charge in [-0.05, 0) is 55.5 Å². The fourth-order valence-corrected chi connectivity index (χ4v) is 3.08. The first kappa shape index (κ1) is 20.2. The molecule has 0 saturated carbocycles. The summed E-state index contributed by atoms with van der Waals surface area (Å²) in [4.78, 5) is 12.0. The van der Waals surface area contributed by atoms with Gasteiger partial charge in [-0.3, -0.25) is 4.79 Å². The molecule has 1 heterocycles. The summed E-state index contributed by atoms with van der Waals surface area (Å²) < 4.78 is 0. The second-order valence-electron chi connectivity index (χ2n) is 6.14. The number of aliphatic hydroxyl groups is 1. The maximum Gasteiger partial charge on any atom is 0.220 e. The van der Waals surface area contributed by atoms with E-state index in [-0.39, 0.29) is 24.9 Å². The first-order chi connectivity index (χ1) is 10.6. The summed E-state index contributed by atoms with van der Waals surface area (Å²) in [5, 5.41) is 16.9. The Bertz CT molecular complexity index is 476. The Hall–Kier alpha value is -0.810. The van der Waals surface area contributed by atoms with E-state index in [9.17, 15) is 9.90 Å². The number of aliphatic hydroxyl groups excluding tert-OH is 1. The molecule has 1 amide bonds. The number of carbonyl (C=O) groups excluding carboxylic acids is 1. The van der Waals surface area contributed by atoms with Crippen LogP contribution >= 0.6 is 24.0 Å². The van der Waals surface area contributed by atoms with Crippen molar-refractivity contribution < 1.29 is 9.90 Å². The second-order valence-corrected chi connectivity index (χ2v) is 6.58. The Morgan fingerprint density at radius 2 is 1.96 bits per heavy atom. The van der Waals surface area contributed by atoms with Gasteiger partial charge in [-0.2, -0.15) is 0 Å². The lowest BCUT2D eigenvalue weighted by molar-refractivity contribution is -0.122. The molecule has 2 rings (SSSR count). The molecule has 0 spiro atoms. The van der Waals surface area contributed by atoms with Crippen LogP contribution in [0.4, 0.5) is 0 Å². The number of piperidine rings is 1. The van der Waals surface area contributed by atoms with Crippen molar-refractivity contribution in [3.63, 3.8) is 0 Å². The molecule has 0 aromatic heterocycles. The predicted octanol–water partition coefficient (Wildman–Crippen LogP) is 2.94. The molecule has 1 fully saturated rings. The van der Waals surface area contributed by atoms with Crippen molar-refractivity contribution in [3.05, 3.63) is 34.9 Å². The SMILES string of the molecule is CC(CC(=O)NCC(O)c1ccc(Cl)cc1)C1CCNCC1.Cl. The summed E-state index contributed by atoms with van der Waals surface area (Å²) in [5.41, 5.74) is 0.760. The van der Waals surface area contributed by atoms with Gasteiger partial charge in [0.2, 0.25) is 5.91 Å². The molecule has 3 N–H and O–H groups in total. The highest BCUT2D eigenvalue weighted by molar-refractivity contribution is 6.30. The van der Waals surface area contributed by atoms with Crippen LogP contribution in [0.2, 0.25) is 5.02 Å². The van der Waals surface area contributed by atoms with Crippen LogP contribution in [0, 0.1) is 11.8 Å². The number of benzene rings is 1. The van der Waals surface area contributed by atoms with Gasteiger partial charge in [-0.15, -0.1) is 12.4 Å². The molecule has 0 radical (unpaired) electrons. The molecule has 1 aliphatic rings. The molecule has 23 heavy (non-hydrogen) atoms. The van der Waals surface area contributed by atoms with Crippen LogP contribution < -0.4 is 10.6 Å². The van der Waals surface area contributed by atoms with Gasteiger partial charge in [0.25, 0.3) is 0 Å². The van der Waals surface area contributed by atoms with E-state index in [1.165, 1.54) is 0 Å². The third kappa shape index (κ3) is 6.68. The van der Waals surface area contributed by atoms with E-state index in [1.54, 1.807) is 24.3 Å². The largest absolute Gasteiger partial charge is 0.387 e. The maximum atomic E-state index is 12.0. The van der Waals surface area contributed by atoms with Gasteiger partial charge in [-0.1, -0.05) is 30.7 Å². The summed E-state index contributed by atoms with van der Waals surface area (Å²) in [6.07, 6.45) is 2.11. The van der Waals surface area contributed by atoms with E-state index in [4.69, 9.17) is 11.6 Å². The van der Waals surface area contributed by atoms with Gasteiger partial charge in [0.1, 0.15) is 0 Å². The molecule has 1 aliphatic heterocycles. The van der Waals surface area contributed by atoms with Crippen LogP contribution in [0.1, 0.15) is 37.9 Å². The predicted molar refractivity (Wildman–Crippen MR) is 96.0 cm³/mol. The van der Waals surface area contributed by atoms with Crippen molar-refractivity contribution in [1.29, 1.82) is 0 Å². The molecule has 1 aromatic rings. The minimum atomic E-state index is -0.699. The number of hydrogen-bond donors (Lipinski definition) is 3. The van der Waals surface area contributed by atoms with Gasteiger partial charge in [0, 0.05) is 18.0 Å². The molecule has 4 nitrogen and oxygen atoms in total. The topological polar surface area (TPSA) is 61.4 Å². The number of nitrogens with one attached hydrogen (secondary N) is 2. The highest BCUT2D eigenvalue weighted by Crippen LogP contribution is 2.24. The lowest BCUT2D eigenvalue weighted by Crippen LogP contribution is -2.34. The lowest BCUT2D eigenvalue weighted by atomic mass is 9.84. The maximum absolute atomic E-state index is 12.0. The minimum absolute atomic E-state index is 0. The molecule has 2 atom stereocenters. The third-order valence-corrected chi connectivity index (χ3v) is 4.70. The van der Waals surface area contributed by atoms with Crippen molar-refractivity contribution >= 4 is 29.9 Å². The van der Waals surface area contributed by atoms with E-state index < -0.39 is 6.10 Å². The zero-order valence-corrected chi connectivity index (χ0v) is 15.0. The van der Waals surface area contributed by atoms with Crippen LogP contribution in [0.15, 0.2) is 24.3 Å². The van der Waals surface area contributed by atoms with E-state index >= 15 is 0 Å². The molecule has 0 bridgehead atoms. The van der Waals surface area contributed by atoms with Crippen LogP contribution in [-0.2, 0) is 4.79 Å². The number of rotatable bonds is 6. The fraction of sp³-hybridized carbons (Fsp3) is 0.588. The molecule has 0 aliphatic carbocycles. The Morgan fingerprint density at radius 1 is 1.35 bits per heavy atom. The lowest BCUT2D eigenvalue weighted by Gasteiger charge is -2.28. The average Bonchev–Trinajstić information content (AvgIpc) is 2.54. The molecular formula is C17H26Cl2N2O2. The second kappa shape index (κ2) is 10.1. The number of amides is 1. The van der Waals surface area contributed by atoms with Gasteiger partial charge in [0.05, 0.1) is 6.10 Å². The van der Waals surface area contributed by atoms with E-state index in [2.05, 4.69) is 17.6 Å². The van der Waals surface area contributed by atoms with Crippen molar-refractivity contribution in [3.8, 4) is 0 Å². The minimum Gasteiger partial charge on any atom is -0.387 e. The van der Waals surface area contributed by atoms with Crippen molar-refractivity contribution in [2.75, 3.05) is 19.6 Å². The molecule has 2 unspecified atom stereocenters. The quantitative estimate of drug-likeness (QED) is 0.730. The van der Waals surface area contributed by atoms with E-state index in [0.29, 0.717) is 23.3 Å². The van der Waals surface area contributed by atoms with Crippen LogP contribution in [0.5, 0.6) is 0 Å². The Balaban J connectivity index is 0.00000264. The average molecular weight is 361 g/mol. The van der Waals surface area contributed by atoms with Gasteiger partial charge >= 0.3 is 0 Å². The summed E-state index contributed by atoms with van der Waals surface area (Å²) in [6, 6.07) is 7.02. The molecule has 6 heteroatoms. The zero-order valence-electron chi connectivity index (χ0n) is 13.4. The Kier molecular flexibility index (Phi) is 8.92. The monoisotopic (exact) mass is 360 g/mol. The van der Waals surface area contributed by atoms with Crippen LogP contribution in [0.3, 0.4) is 0 Å². The fourth-order valence-electron chi connectivity index (χ4n) is 2.96. The summed E-state index contributed by atoms with van der Waals surface area (Å²) >= 11 is 5.82. The molecular weight excluding hydrogens is 335 g/mol. The van der Waals surface area contributed by atoms with Gasteiger partial charge in [0.15, 0.2) is 0 Å². The van der Waals surface area contributed by atoms with E-state index in [1.807, 2.05) is 0 Å². The molecule has 130 valence electrons. The Labute approximate surface area is 149 Å². The van der Waals surface area contributed by atoms with Crippen molar-refractivity contribution in [1.82, 2.24) is 10.6 Å². The highest BCUT2D eigenvalue weighted by Gasteiger charge is 2.22. The summed E-state index contributed by atoms with van der Waals surface area (Å²) in [5.74, 6) is 1.02. The number of carbonyl (C=O) groups is 1. The first-order valence-corrected chi connectivity index (χ1v) is 8.35. The number of halogens is 2. The van der Waals surface area contributed by atoms with Gasteiger partial charge < -0.3 is 15.7 Å². The Morgan fingerprint density at radius 3 is 2.57 bits per heavy atom. The van der Waals surface area contributed by atoms with Gasteiger partial charge in [-0.25, -0.2) is 0 Å². The first-order valence-electron chi connectivity index (χ1n) is 7.97. The van der Waals surface area contributed by atoms with Crippen molar-refractivity contribution in [2.24, 2.45) is 11.8 Å². The van der Waals surface area contributed by atoms with E-state index in [0.717, 1.165) is 31.5 Å². The zero-order chi connectivity index (χ0) is 15.9. The smallest absolute Gasteiger partial charge is 0.220 e.